The molecule has 1 aliphatic heterocycles. The van der Waals surface area contributed by atoms with Gasteiger partial charge in [-0.3, -0.25) is 19.0 Å². The summed E-state index contributed by atoms with van der Waals surface area (Å²) in [4.78, 5) is 46.3. The number of fused-ring (bicyclic) bond motifs is 2. The van der Waals surface area contributed by atoms with Gasteiger partial charge in [-0.05, 0) is 47.6 Å². The molecule has 0 fully saturated rings. The molecule has 0 aliphatic carbocycles. The number of carbonyl (C=O) groups is 2. The Bertz CT molecular complexity index is 1740. The number of hydrogen-bond donors (Lipinski definition) is 2. The highest BCUT2D eigenvalue weighted by molar-refractivity contribution is 5.85. The fourth-order valence-electron chi connectivity index (χ4n) is 6.38. The fraction of sp³-hybridized carbons (Fsp3) is 0.243. The Balaban J connectivity index is 1.37. The van der Waals surface area contributed by atoms with Crippen LogP contribution in [-0.4, -0.2) is 21.4 Å². The van der Waals surface area contributed by atoms with Gasteiger partial charge in [-0.25, -0.2) is 4.98 Å². The third-order valence-electron chi connectivity index (χ3n) is 8.38. The molecule has 1 aliphatic rings. The van der Waals surface area contributed by atoms with Crippen LogP contribution in [0.5, 0.6) is 0 Å². The Hall–Kier alpha value is -5.04. The monoisotopic (exact) mass is 584 g/mol. The second-order valence-corrected chi connectivity index (χ2v) is 11.8. The zero-order chi connectivity index (χ0) is 30.7. The van der Waals surface area contributed by atoms with Crippen molar-refractivity contribution in [3.8, 4) is 0 Å². The van der Waals surface area contributed by atoms with Gasteiger partial charge in [-0.15, -0.1) is 0 Å². The first kappa shape index (κ1) is 29.1. The molecule has 1 aromatic heterocycles. The van der Waals surface area contributed by atoms with Gasteiger partial charge in [0.05, 0.1) is 16.9 Å². The summed E-state index contributed by atoms with van der Waals surface area (Å²) < 4.78 is 1.53. The quantitative estimate of drug-likeness (QED) is 0.207. The lowest BCUT2D eigenvalue weighted by atomic mass is 9.77. The minimum Gasteiger partial charge on any atom is -0.344 e. The van der Waals surface area contributed by atoms with Gasteiger partial charge >= 0.3 is 0 Å². The second kappa shape index (κ2) is 12.3. The number of para-hydroxylation sites is 1. The van der Waals surface area contributed by atoms with E-state index in [1.807, 2.05) is 103 Å². The molecule has 2 N–H and O–H groups in total. The van der Waals surface area contributed by atoms with Crippen LogP contribution in [0.25, 0.3) is 10.9 Å². The first-order chi connectivity index (χ1) is 21.4. The third-order valence-corrected chi connectivity index (χ3v) is 8.38. The fourth-order valence-corrected chi connectivity index (χ4v) is 6.38. The lowest BCUT2D eigenvalue weighted by molar-refractivity contribution is -0.127. The van der Waals surface area contributed by atoms with E-state index in [4.69, 9.17) is 4.98 Å². The van der Waals surface area contributed by atoms with Crippen LogP contribution in [0.15, 0.2) is 120 Å². The molecule has 2 heterocycles. The molecule has 2 atom stereocenters. The molecule has 6 rings (SSSR count). The van der Waals surface area contributed by atoms with Gasteiger partial charge in [0.15, 0.2) is 0 Å². The van der Waals surface area contributed by atoms with E-state index >= 15 is 0 Å². The van der Waals surface area contributed by atoms with Crippen molar-refractivity contribution < 1.29 is 9.59 Å². The molecule has 0 spiro atoms. The van der Waals surface area contributed by atoms with Crippen molar-refractivity contribution in [1.29, 1.82) is 0 Å². The first-order valence-corrected chi connectivity index (χ1v) is 15.2. The van der Waals surface area contributed by atoms with Gasteiger partial charge in [0.2, 0.25) is 11.8 Å². The Labute approximate surface area is 257 Å². The number of aromatic nitrogens is 2. The molecule has 0 bridgehead atoms. The van der Waals surface area contributed by atoms with Crippen LogP contribution in [-0.2, 0) is 15.1 Å². The van der Waals surface area contributed by atoms with Crippen molar-refractivity contribution in [2.45, 2.75) is 50.7 Å². The average Bonchev–Trinajstić information content (AvgIpc) is 3.05. The molecular weight excluding hydrogens is 548 g/mol. The third kappa shape index (κ3) is 5.41. The van der Waals surface area contributed by atoms with Crippen LogP contribution in [0, 0.1) is 5.92 Å². The van der Waals surface area contributed by atoms with Gasteiger partial charge in [0.1, 0.15) is 17.4 Å². The Morgan fingerprint density at radius 3 is 1.89 bits per heavy atom. The van der Waals surface area contributed by atoms with Crippen molar-refractivity contribution in [3.05, 3.63) is 148 Å². The molecule has 222 valence electrons. The average molecular weight is 585 g/mol. The highest BCUT2D eigenvalue weighted by Gasteiger charge is 2.39. The van der Waals surface area contributed by atoms with E-state index in [2.05, 4.69) is 24.5 Å². The largest absolute Gasteiger partial charge is 0.344 e. The molecule has 0 saturated heterocycles. The van der Waals surface area contributed by atoms with Crippen molar-refractivity contribution in [2.24, 2.45) is 5.92 Å². The summed E-state index contributed by atoms with van der Waals surface area (Å²) in [7, 11) is 0. The number of amides is 2. The van der Waals surface area contributed by atoms with E-state index in [0.29, 0.717) is 23.1 Å². The Morgan fingerprint density at radius 2 is 1.34 bits per heavy atom. The van der Waals surface area contributed by atoms with Gasteiger partial charge in [0, 0.05) is 6.42 Å². The van der Waals surface area contributed by atoms with E-state index in [-0.39, 0.29) is 42.2 Å². The van der Waals surface area contributed by atoms with Crippen molar-refractivity contribution in [1.82, 2.24) is 20.2 Å². The summed E-state index contributed by atoms with van der Waals surface area (Å²) in [5.41, 5.74) is 2.11. The van der Waals surface area contributed by atoms with Gasteiger partial charge in [-0.1, -0.05) is 117 Å². The Morgan fingerprint density at radius 1 is 0.818 bits per heavy atom. The zero-order valence-electron chi connectivity index (χ0n) is 24.9. The summed E-state index contributed by atoms with van der Waals surface area (Å²) in [5, 5.41) is 6.92. The SMILES string of the molecule is CC(C)C[C@@H]1NC(=O)[C@H](CCC(=O)NC(c2ccccc2)(c2ccccc2)c2ccccc2)n2c1nc1ccccc1c2=O. The number of nitrogens with zero attached hydrogens (tertiary/aromatic N) is 2. The maximum Gasteiger partial charge on any atom is 0.262 e. The second-order valence-electron chi connectivity index (χ2n) is 11.8. The molecule has 44 heavy (non-hydrogen) atoms. The Kier molecular flexibility index (Phi) is 8.11. The van der Waals surface area contributed by atoms with E-state index < -0.39 is 11.6 Å². The summed E-state index contributed by atoms with van der Waals surface area (Å²) in [6.45, 7) is 4.15. The molecule has 5 aromatic rings. The van der Waals surface area contributed by atoms with E-state index in [0.717, 1.165) is 16.7 Å². The smallest absolute Gasteiger partial charge is 0.262 e. The van der Waals surface area contributed by atoms with Crippen LogP contribution in [0.4, 0.5) is 0 Å². The molecule has 2 amide bonds. The highest BCUT2D eigenvalue weighted by atomic mass is 16.2. The highest BCUT2D eigenvalue weighted by Crippen LogP contribution is 2.37. The number of rotatable bonds is 9. The predicted molar refractivity (Wildman–Crippen MR) is 172 cm³/mol. The molecule has 0 saturated carbocycles. The molecular formula is C37H36N4O3. The first-order valence-electron chi connectivity index (χ1n) is 15.2. The van der Waals surface area contributed by atoms with Crippen molar-refractivity contribution in [2.75, 3.05) is 0 Å². The lowest BCUT2D eigenvalue weighted by Crippen LogP contribution is -2.49. The van der Waals surface area contributed by atoms with Crippen LogP contribution in [0.1, 0.15) is 67.7 Å². The lowest BCUT2D eigenvalue weighted by Gasteiger charge is -2.37. The summed E-state index contributed by atoms with van der Waals surface area (Å²) in [6, 6.07) is 35.6. The minimum atomic E-state index is -0.968. The van der Waals surface area contributed by atoms with Gasteiger partial charge in [-0.2, -0.15) is 0 Å². The normalized spacial score (nSPS) is 16.4. The van der Waals surface area contributed by atoms with Gasteiger partial charge < -0.3 is 10.6 Å². The summed E-state index contributed by atoms with van der Waals surface area (Å²) in [5.74, 6) is 0.318. The summed E-state index contributed by atoms with van der Waals surface area (Å²) in [6.07, 6.45) is 0.824. The topological polar surface area (TPSA) is 93.1 Å². The summed E-state index contributed by atoms with van der Waals surface area (Å²) >= 11 is 0. The number of carbonyl (C=O) groups excluding carboxylic acids is 2. The maximum atomic E-state index is 14.0. The maximum absolute atomic E-state index is 14.0. The van der Waals surface area contributed by atoms with Crippen molar-refractivity contribution >= 4 is 22.7 Å². The molecule has 7 nitrogen and oxygen atoms in total. The van der Waals surface area contributed by atoms with Gasteiger partial charge in [0.25, 0.3) is 5.56 Å². The number of hydrogen-bond acceptors (Lipinski definition) is 4. The predicted octanol–water partition coefficient (Wildman–Crippen LogP) is 6.04. The van der Waals surface area contributed by atoms with Crippen LogP contribution in [0.2, 0.25) is 0 Å². The van der Waals surface area contributed by atoms with Crippen LogP contribution >= 0.6 is 0 Å². The minimum absolute atomic E-state index is 0.0277. The number of benzene rings is 4. The van der Waals surface area contributed by atoms with Crippen LogP contribution < -0.4 is 16.2 Å². The van der Waals surface area contributed by atoms with Crippen molar-refractivity contribution in [3.63, 3.8) is 0 Å². The van der Waals surface area contributed by atoms with E-state index in [9.17, 15) is 14.4 Å². The standard InChI is InChI=1S/C37H36N4O3/c1-25(2)24-31-34-38-30-21-13-12-20-29(30)36(44)41(34)32(35(43)39-31)22-23-33(42)40-37(26-14-6-3-7-15-26,27-16-8-4-9-17-27)28-18-10-5-11-19-28/h3-21,25,31-32H,22-24H2,1-2H3,(H,39,43)(H,40,42)/t31-,32-/m0/s1. The van der Waals surface area contributed by atoms with E-state index in [1.54, 1.807) is 12.1 Å². The number of nitrogens with one attached hydrogen (secondary N) is 2. The molecule has 7 heteroatoms. The zero-order valence-corrected chi connectivity index (χ0v) is 24.9. The molecule has 0 unspecified atom stereocenters. The van der Waals surface area contributed by atoms with E-state index in [1.165, 1.54) is 4.57 Å². The van der Waals surface area contributed by atoms with Crippen LogP contribution in [0.3, 0.4) is 0 Å². The molecule has 0 radical (unpaired) electrons. The molecule has 4 aromatic carbocycles.